The normalized spacial score (nSPS) is 20.8. The lowest BCUT2D eigenvalue weighted by Crippen LogP contribution is -2.49. The molecule has 2 amide bonds. The van der Waals surface area contributed by atoms with E-state index < -0.39 is 17.5 Å². The molecule has 0 radical (unpaired) electrons. The number of nitrogens with zero attached hydrogens (tertiary/aromatic N) is 2. The van der Waals surface area contributed by atoms with Gasteiger partial charge in [-0.2, -0.15) is 4.68 Å². The van der Waals surface area contributed by atoms with Gasteiger partial charge in [-0.3, -0.25) is 14.4 Å². The van der Waals surface area contributed by atoms with Crippen LogP contribution in [0.3, 0.4) is 0 Å². The summed E-state index contributed by atoms with van der Waals surface area (Å²) in [6, 6.07) is 8.56. The van der Waals surface area contributed by atoms with Gasteiger partial charge in [0.1, 0.15) is 0 Å². The highest BCUT2D eigenvalue weighted by Gasteiger charge is 2.33. The third-order valence-electron chi connectivity index (χ3n) is 5.85. The second kappa shape index (κ2) is 9.28. The number of hydrogen-bond donors (Lipinski definition) is 2. The monoisotopic (exact) mass is 426 g/mol. The van der Waals surface area contributed by atoms with Gasteiger partial charge >= 0.3 is 5.76 Å². The molecule has 4 rings (SSSR count). The fourth-order valence-corrected chi connectivity index (χ4v) is 3.91. The highest BCUT2D eigenvalue weighted by Crippen LogP contribution is 2.29. The Labute approximate surface area is 179 Å². The first-order valence-electron chi connectivity index (χ1n) is 10.8. The molecule has 2 aliphatic rings. The van der Waals surface area contributed by atoms with Gasteiger partial charge in [-0.25, -0.2) is 4.79 Å². The fourth-order valence-electron chi connectivity index (χ4n) is 3.91. The van der Waals surface area contributed by atoms with E-state index in [4.69, 9.17) is 4.42 Å². The highest BCUT2D eigenvalue weighted by atomic mass is 16.4. The van der Waals surface area contributed by atoms with Crippen molar-refractivity contribution in [3.05, 3.63) is 52.3 Å². The van der Waals surface area contributed by atoms with Crippen LogP contribution in [0.5, 0.6) is 0 Å². The van der Waals surface area contributed by atoms with Crippen LogP contribution in [0.4, 0.5) is 0 Å². The van der Waals surface area contributed by atoms with Crippen molar-refractivity contribution in [2.24, 2.45) is 11.8 Å². The van der Waals surface area contributed by atoms with Crippen LogP contribution >= 0.6 is 0 Å². The van der Waals surface area contributed by atoms with Crippen LogP contribution in [0.1, 0.15) is 59.6 Å². The Kier molecular flexibility index (Phi) is 6.29. The van der Waals surface area contributed by atoms with E-state index in [2.05, 4.69) is 15.7 Å². The van der Waals surface area contributed by atoms with Gasteiger partial charge < -0.3 is 15.1 Å². The molecule has 0 unspecified atom stereocenters. The molecule has 2 atom stereocenters. The van der Waals surface area contributed by atoms with Crippen molar-refractivity contribution in [1.82, 2.24) is 20.4 Å². The molecule has 2 aliphatic carbocycles. The van der Waals surface area contributed by atoms with Gasteiger partial charge in [0, 0.05) is 11.6 Å². The molecule has 9 heteroatoms. The van der Waals surface area contributed by atoms with Crippen molar-refractivity contribution in [1.29, 1.82) is 0 Å². The minimum atomic E-state index is -0.655. The first kappa shape index (κ1) is 21.0. The van der Waals surface area contributed by atoms with Gasteiger partial charge in [-0.1, -0.05) is 31.0 Å². The zero-order chi connectivity index (χ0) is 21.8. The number of benzene rings is 1. The molecule has 1 heterocycles. The summed E-state index contributed by atoms with van der Waals surface area (Å²) in [4.78, 5) is 49.4. The third kappa shape index (κ3) is 5.28. The topological polar surface area (TPSA) is 123 Å². The minimum Gasteiger partial charge on any atom is -0.384 e. The van der Waals surface area contributed by atoms with E-state index >= 15 is 0 Å². The van der Waals surface area contributed by atoms with E-state index in [0.29, 0.717) is 30.9 Å². The predicted octanol–water partition coefficient (Wildman–Crippen LogP) is 1.53. The van der Waals surface area contributed by atoms with Crippen molar-refractivity contribution in [2.45, 2.75) is 51.1 Å². The average molecular weight is 426 g/mol. The van der Waals surface area contributed by atoms with Gasteiger partial charge in [0.2, 0.25) is 11.7 Å². The number of amides is 2. The van der Waals surface area contributed by atoms with Crippen molar-refractivity contribution in [2.75, 3.05) is 6.54 Å². The third-order valence-corrected chi connectivity index (χ3v) is 5.85. The highest BCUT2D eigenvalue weighted by molar-refractivity contribution is 5.96. The van der Waals surface area contributed by atoms with Crippen LogP contribution in [0.15, 0.2) is 39.5 Å². The maximum atomic E-state index is 12.8. The molecule has 0 saturated heterocycles. The second-order valence-electron chi connectivity index (χ2n) is 8.28. The molecule has 1 aromatic carbocycles. The molecule has 164 valence electrons. The Morgan fingerprint density at radius 3 is 2.55 bits per heavy atom. The Morgan fingerprint density at radius 1 is 1.06 bits per heavy atom. The second-order valence-corrected chi connectivity index (χ2v) is 8.28. The summed E-state index contributed by atoms with van der Waals surface area (Å²) in [5.74, 6) is -2.02. The number of carbonyl (C=O) groups excluding carboxylic acids is 3. The summed E-state index contributed by atoms with van der Waals surface area (Å²) in [5, 5.41) is 9.53. The lowest BCUT2D eigenvalue weighted by Gasteiger charge is -2.31. The zero-order valence-electron chi connectivity index (χ0n) is 17.2. The fraction of sp³-hybridized carbons (Fsp3) is 0.500. The number of ketones is 1. The number of hydrogen-bond acceptors (Lipinski definition) is 6. The van der Waals surface area contributed by atoms with E-state index in [-0.39, 0.29) is 30.3 Å². The smallest absolute Gasteiger partial charge is 0.384 e. The molecule has 31 heavy (non-hydrogen) atoms. The lowest BCUT2D eigenvalue weighted by molar-refractivity contribution is -0.126. The quantitative estimate of drug-likeness (QED) is 0.617. The van der Waals surface area contributed by atoms with Crippen molar-refractivity contribution in [3.63, 3.8) is 0 Å². The number of nitrogens with one attached hydrogen (secondary N) is 2. The summed E-state index contributed by atoms with van der Waals surface area (Å²) in [6.07, 6.45) is 5.22. The number of carbonyl (C=O) groups is 3. The van der Waals surface area contributed by atoms with Crippen LogP contribution in [-0.2, 0) is 11.3 Å². The summed E-state index contributed by atoms with van der Waals surface area (Å²) in [5.41, 5.74) is 0.541. The van der Waals surface area contributed by atoms with Gasteiger partial charge in [-0.05, 0) is 43.7 Å². The van der Waals surface area contributed by atoms with Crippen LogP contribution in [-0.4, -0.2) is 40.0 Å². The zero-order valence-corrected chi connectivity index (χ0v) is 17.2. The van der Waals surface area contributed by atoms with E-state index in [9.17, 15) is 19.2 Å². The minimum absolute atomic E-state index is 0.218. The SMILES string of the molecule is O=C(N[C@H]1CCCC[C@H]1C(=O)NCC(=O)c1nn(CC2CC2)c(=O)o1)c1ccccc1. The lowest BCUT2D eigenvalue weighted by atomic mass is 9.83. The van der Waals surface area contributed by atoms with Crippen LogP contribution in [0.2, 0.25) is 0 Å². The Bertz CT molecular complexity index is 1010. The van der Waals surface area contributed by atoms with Crippen LogP contribution in [0.25, 0.3) is 0 Å². The molecule has 2 aromatic rings. The van der Waals surface area contributed by atoms with E-state index in [1.54, 1.807) is 24.3 Å². The molecule has 2 fully saturated rings. The summed E-state index contributed by atoms with van der Waals surface area (Å²) in [7, 11) is 0. The first-order valence-corrected chi connectivity index (χ1v) is 10.8. The van der Waals surface area contributed by atoms with Crippen LogP contribution in [0, 0.1) is 11.8 Å². The number of aromatic nitrogens is 2. The van der Waals surface area contributed by atoms with Crippen molar-refractivity contribution in [3.8, 4) is 0 Å². The maximum absolute atomic E-state index is 12.8. The number of rotatable bonds is 8. The average Bonchev–Trinajstić information content (AvgIpc) is 3.53. The molecule has 0 aliphatic heterocycles. The largest absolute Gasteiger partial charge is 0.437 e. The van der Waals surface area contributed by atoms with Gasteiger partial charge in [0.15, 0.2) is 0 Å². The van der Waals surface area contributed by atoms with Crippen LogP contribution < -0.4 is 16.4 Å². The Morgan fingerprint density at radius 2 is 1.81 bits per heavy atom. The molecule has 2 N–H and O–H groups in total. The van der Waals surface area contributed by atoms with E-state index in [0.717, 1.165) is 25.7 Å². The molecular formula is C22H26N4O5. The first-order chi connectivity index (χ1) is 15.0. The molecule has 1 aromatic heterocycles. The molecule has 2 saturated carbocycles. The molecule has 9 nitrogen and oxygen atoms in total. The van der Waals surface area contributed by atoms with Gasteiger partial charge in [0.05, 0.1) is 19.0 Å². The van der Waals surface area contributed by atoms with Crippen molar-refractivity contribution >= 4 is 17.6 Å². The molecule has 0 spiro atoms. The molecule has 0 bridgehead atoms. The Hall–Kier alpha value is -3.23. The predicted molar refractivity (Wildman–Crippen MR) is 110 cm³/mol. The van der Waals surface area contributed by atoms with E-state index in [1.165, 1.54) is 4.68 Å². The van der Waals surface area contributed by atoms with E-state index in [1.807, 2.05) is 6.07 Å². The maximum Gasteiger partial charge on any atom is 0.437 e. The molecular weight excluding hydrogens is 400 g/mol. The van der Waals surface area contributed by atoms with Gasteiger partial charge in [0.25, 0.3) is 11.8 Å². The summed E-state index contributed by atoms with van der Waals surface area (Å²) < 4.78 is 6.11. The Balaban J connectivity index is 1.33. The summed E-state index contributed by atoms with van der Waals surface area (Å²) in [6.45, 7) is 0.144. The summed E-state index contributed by atoms with van der Waals surface area (Å²) >= 11 is 0. The standard InChI is InChI=1S/C22H26N4O5/c27-18(21-25-26(22(30)31-21)13-14-10-11-14)12-23-20(29)16-8-4-5-9-17(16)24-19(28)15-6-2-1-3-7-15/h1-3,6-7,14,16-17H,4-5,8-13H2,(H,23,29)(H,24,28)/t16-,17+/m1/s1. The van der Waals surface area contributed by atoms with Crippen molar-refractivity contribution < 1.29 is 18.8 Å². The van der Waals surface area contributed by atoms with Gasteiger partial charge in [-0.15, -0.1) is 5.10 Å². The number of Topliss-reactive ketones (excluding diaryl/α,β-unsaturated/α-hetero) is 1.